The number of nitrogens with zero attached hydrogens (tertiary/aromatic N) is 1. The number of carbonyl (C=O) groups is 1. The lowest BCUT2D eigenvalue weighted by atomic mass is 9.78. The molecule has 4 nitrogen and oxygen atoms in total. The number of nitrogens with two attached hydrogens (primary N) is 1. The van der Waals surface area contributed by atoms with E-state index in [1.54, 1.807) is 0 Å². The van der Waals surface area contributed by atoms with E-state index in [-0.39, 0.29) is 18.3 Å². The molecule has 0 aromatic rings. The summed E-state index contributed by atoms with van der Waals surface area (Å²) in [6.45, 7) is 2.69. The van der Waals surface area contributed by atoms with Gasteiger partial charge in [0, 0.05) is 25.2 Å². The lowest BCUT2D eigenvalue weighted by molar-refractivity contribution is -0.122. The van der Waals surface area contributed by atoms with E-state index in [0.717, 1.165) is 19.0 Å². The van der Waals surface area contributed by atoms with Gasteiger partial charge in [-0.05, 0) is 37.5 Å². The smallest absolute Gasteiger partial charge is 0.234 e. The number of hydrogen-bond donors (Lipinski definition) is 2. The summed E-state index contributed by atoms with van der Waals surface area (Å²) >= 11 is 0. The third-order valence-electron chi connectivity index (χ3n) is 4.54. The molecular weight excluding hydrogens is 250 g/mol. The van der Waals surface area contributed by atoms with Crippen LogP contribution in [0.2, 0.25) is 0 Å². The summed E-state index contributed by atoms with van der Waals surface area (Å²) in [5, 5.41) is 3.06. The second-order valence-corrected chi connectivity index (χ2v) is 6.05. The fourth-order valence-electron chi connectivity index (χ4n) is 3.44. The molecule has 0 aromatic heterocycles. The average Bonchev–Trinajstić information content (AvgIpc) is 2.97. The minimum atomic E-state index is 0. The Labute approximate surface area is 115 Å². The highest BCUT2D eigenvalue weighted by Crippen LogP contribution is 2.35. The normalized spacial score (nSPS) is 35.7. The zero-order valence-electron chi connectivity index (χ0n) is 10.8. The zero-order chi connectivity index (χ0) is 11.8. The maximum absolute atomic E-state index is 11.8. The van der Waals surface area contributed by atoms with Crippen molar-refractivity contribution in [2.45, 2.75) is 44.2 Å². The number of nitrogens with one attached hydrogen (secondary N) is 1. The molecule has 3 aliphatic rings. The van der Waals surface area contributed by atoms with E-state index in [1.807, 2.05) is 0 Å². The van der Waals surface area contributed by atoms with Gasteiger partial charge in [0.2, 0.25) is 5.91 Å². The van der Waals surface area contributed by atoms with Gasteiger partial charge in [-0.3, -0.25) is 9.69 Å². The van der Waals surface area contributed by atoms with Crippen molar-refractivity contribution < 1.29 is 4.79 Å². The summed E-state index contributed by atoms with van der Waals surface area (Å²) in [6.07, 6.45) is 6.08. The maximum atomic E-state index is 11.8. The van der Waals surface area contributed by atoms with Crippen molar-refractivity contribution in [3.05, 3.63) is 0 Å². The van der Waals surface area contributed by atoms with Crippen LogP contribution in [-0.2, 0) is 4.79 Å². The van der Waals surface area contributed by atoms with E-state index in [2.05, 4.69) is 10.2 Å². The summed E-state index contributed by atoms with van der Waals surface area (Å²) in [7, 11) is 0. The Morgan fingerprint density at radius 3 is 2.67 bits per heavy atom. The molecule has 2 aliphatic carbocycles. The van der Waals surface area contributed by atoms with Crippen molar-refractivity contribution in [1.29, 1.82) is 0 Å². The molecule has 104 valence electrons. The number of likely N-dealkylation sites (tertiary alicyclic amines) is 1. The predicted octanol–water partition coefficient (Wildman–Crippen LogP) is 0.746. The zero-order valence-corrected chi connectivity index (χ0v) is 11.6. The van der Waals surface area contributed by atoms with Crippen LogP contribution in [0.1, 0.15) is 32.1 Å². The molecule has 1 aliphatic heterocycles. The Morgan fingerprint density at radius 2 is 2.00 bits per heavy atom. The first-order chi connectivity index (χ1) is 8.22. The van der Waals surface area contributed by atoms with Crippen LogP contribution in [0.3, 0.4) is 0 Å². The molecule has 3 rings (SSSR count). The van der Waals surface area contributed by atoms with E-state index in [1.165, 1.54) is 32.1 Å². The first-order valence-corrected chi connectivity index (χ1v) is 6.99. The number of hydrogen-bond acceptors (Lipinski definition) is 3. The van der Waals surface area contributed by atoms with E-state index < -0.39 is 0 Å². The Kier molecular flexibility index (Phi) is 4.51. The summed E-state index contributed by atoms with van der Waals surface area (Å²) in [4.78, 5) is 14.1. The molecule has 1 amide bonds. The number of carbonyl (C=O) groups excluding carboxylic acids is 1. The second-order valence-electron chi connectivity index (χ2n) is 6.05. The molecule has 1 saturated heterocycles. The molecule has 3 unspecified atom stereocenters. The highest BCUT2D eigenvalue weighted by Gasteiger charge is 2.39. The largest absolute Gasteiger partial charge is 0.352 e. The molecule has 5 heteroatoms. The number of halogens is 1. The maximum Gasteiger partial charge on any atom is 0.234 e. The summed E-state index contributed by atoms with van der Waals surface area (Å²) in [6, 6.07) is 0.847. The fraction of sp³-hybridized carbons (Fsp3) is 0.923. The first kappa shape index (κ1) is 14.1. The molecule has 2 saturated carbocycles. The van der Waals surface area contributed by atoms with Crippen LogP contribution in [0.4, 0.5) is 0 Å². The second kappa shape index (κ2) is 5.76. The van der Waals surface area contributed by atoms with Gasteiger partial charge in [0.25, 0.3) is 0 Å². The molecule has 3 N–H and O–H groups in total. The van der Waals surface area contributed by atoms with Gasteiger partial charge in [-0.1, -0.05) is 6.42 Å². The molecule has 18 heavy (non-hydrogen) atoms. The van der Waals surface area contributed by atoms with Gasteiger partial charge in [-0.15, -0.1) is 12.4 Å². The van der Waals surface area contributed by atoms with Crippen LogP contribution in [-0.4, -0.2) is 42.5 Å². The Bertz CT molecular complexity index is 309. The standard InChI is InChI=1S/C13H23N3O.ClH/c14-12-3-1-2-9-6-16(7-11(9)12)8-13(17)15-10-4-5-10;/h9-12H,1-8,14H2,(H,15,17);1H. The van der Waals surface area contributed by atoms with Gasteiger partial charge in [0.15, 0.2) is 0 Å². The Morgan fingerprint density at radius 1 is 1.22 bits per heavy atom. The minimum Gasteiger partial charge on any atom is -0.352 e. The highest BCUT2D eigenvalue weighted by atomic mass is 35.5. The molecule has 0 spiro atoms. The Hall–Kier alpha value is -0.320. The lowest BCUT2D eigenvalue weighted by Crippen LogP contribution is -2.39. The van der Waals surface area contributed by atoms with Crippen molar-refractivity contribution in [2.75, 3.05) is 19.6 Å². The third-order valence-corrected chi connectivity index (χ3v) is 4.54. The average molecular weight is 274 g/mol. The van der Waals surface area contributed by atoms with Crippen molar-refractivity contribution in [1.82, 2.24) is 10.2 Å². The first-order valence-electron chi connectivity index (χ1n) is 6.99. The number of fused-ring (bicyclic) bond motifs is 1. The predicted molar refractivity (Wildman–Crippen MR) is 73.7 cm³/mol. The number of amides is 1. The Balaban J connectivity index is 0.00000120. The summed E-state index contributed by atoms with van der Waals surface area (Å²) in [5.41, 5.74) is 6.18. The van der Waals surface area contributed by atoms with Gasteiger partial charge in [0.1, 0.15) is 0 Å². The van der Waals surface area contributed by atoms with Crippen LogP contribution < -0.4 is 11.1 Å². The van der Waals surface area contributed by atoms with Gasteiger partial charge in [-0.2, -0.15) is 0 Å². The van der Waals surface area contributed by atoms with Gasteiger partial charge < -0.3 is 11.1 Å². The molecule has 3 atom stereocenters. The lowest BCUT2D eigenvalue weighted by Gasteiger charge is -2.29. The van der Waals surface area contributed by atoms with Crippen LogP contribution in [0, 0.1) is 11.8 Å². The molecular formula is C13H24ClN3O. The van der Waals surface area contributed by atoms with Crippen molar-refractivity contribution in [3.63, 3.8) is 0 Å². The van der Waals surface area contributed by atoms with Gasteiger partial charge >= 0.3 is 0 Å². The van der Waals surface area contributed by atoms with E-state index in [4.69, 9.17) is 5.73 Å². The SMILES string of the molecule is Cl.NC1CCCC2CN(CC(=O)NC3CC3)CC12. The summed E-state index contributed by atoms with van der Waals surface area (Å²) in [5.74, 6) is 1.59. The monoisotopic (exact) mass is 273 g/mol. The van der Waals surface area contributed by atoms with E-state index >= 15 is 0 Å². The molecule has 1 heterocycles. The van der Waals surface area contributed by atoms with Crippen LogP contribution >= 0.6 is 12.4 Å². The van der Waals surface area contributed by atoms with Crippen LogP contribution in [0.25, 0.3) is 0 Å². The third kappa shape index (κ3) is 3.16. The molecule has 0 radical (unpaired) electrons. The van der Waals surface area contributed by atoms with E-state index in [9.17, 15) is 4.79 Å². The van der Waals surface area contributed by atoms with Crippen LogP contribution in [0.15, 0.2) is 0 Å². The molecule has 0 bridgehead atoms. The molecule has 3 fully saturated rings. The van der Waals surface area contributed by atoms with Gasteiger partial charge in [0.05, 0.1) is 6.54 Å². The molecule has 0 aromatic carbocycles. The topological polar surface area (TPSA) is 58.4 Å². The minimum absolute atomic E-state index is 0. The van der Waals surface area contributed by atoms with Crippen molar-refractivity contribution in [3.8, 4) is 0 Å². The highest BCUT2D eigenvalue weighted by molar-refractivity contribution is 5.85. The van der Waals surface area contributed by atoms with E-state index in [0.29, 0.717) is 24.5 Å². The van der Waals surface area contributed by atoms with Gasteiger partial charge in [-0.25, -0.2) is 0 Å². The van der Waals surface area contributed by atoms with Crippen molar-refractivity contribution >= 4 is 18.3 Å². The van der Waals surface area contributed by atoms with Crippen LogP contribution in [0.5, 0.6) is 0 Å². The fourth-order valence-corrected chi connectivity index (χ4v) is 3.44. The quantitative estimate of drug-likeness (QED) is 0.798. The number of rotatable bonds is 3. The van der Waals surface area contributed by atoms with Crippen molar-refractivity contribution in [2.24, 2.45) is 17.6 Å². The summed E-state index contributed by atoms with van der Waals surface area (Å²) < 4.78 is 0.